The second kappa shape index (κ2) is 7.25. The second-order valence-electron chi connectivity index (χ2n) is 6.42. The number of anilines is 1. The standard InChI is InChI=1S/C19H18ClN5OS/c1-12-9-13-5-2-3-8-16(13)24(12)17(26)11-27-19-23-22-18(25(19)21)14-6-4-7-15(20)10-14/h2-8,10,12H,9,11,21H2,1H3/t12-/m1/s1. The molecule has 1 aromatic heterocycles. The smallest absolute Gasteiger partial charge is 0.237 e. The molecule has 27 heavy (non-hydrogen) atoms. The van der Waals surface area contributed by atoms with Gasteiger partial charge in [0, 0.05) is 22.3 Å². The summed E-state index contributed by atoms with van der Waals surface area (Å²) >= 11 is 7.31. The molecular formula is C19H18ClN5OS. The van der Waals surface area contributed by atoms with Gasteiger partial charge in [0.05, 0.1) is 5.75 Å². The Hall–Kier alpha value is -2.51. The lowest BCUT2D eigenvalue weighted by Gasteiger charge is -2.22. The predicted octanol–water partition coefficient (Wildman–Crippen LogP) is 3.38. The number of nitrogen functional groups attached to an aromatic ring is 1. The molecule has 3 aromatic rings. The van der Waals surface area contributed by atoms with E-state index >= 15 is 0 Å². The number of rotatable bonds is 4. The number of aromatic nitrogens is 3. The van der Waals surface area contributed by atoms with E-state index in [-0.39, 0.29) is 17.7 Å². The first-order valence-electron chi connectivity index (χ1n) is 8.54. The van der Waals surface area contributed by atoms with Gasteiger partial charge in [-0.15, -0.1) is 10.2 Å². The predicted molar refractivity (Wildman–Crippen MR) is 108 cm³/mol. The van der Waals surface area contributed by atoms with Crippen LogP contribution in [-0.2, 0) is 11.2 Å². The van der Waals surface area contributed by atoms with Crippen LogP contribution >= 0.6 is 23.4 Å². The first kappa shape index (κ1) is 17.9. The van der Waals surface area contributed by atoms with Crippen molar-refractivity contribution in [2.24, 2.45) is 0 Å². The van der Waals surface area contributed by atoms with Crippen LogP contribution in [0.4, 0.5) is 5.69 Å². The van der Waals surface area contributed by atoms with Gasteiger partial charge in [-0.05, 0) is 37.1 Å². The highest BCUT2D eigenvalue weighted by Crippen LogP contribution is 2.33. The molecule has 1 aliphatic heterocycles. The molecule has 0 spiro atoms. The molecule has 0 fully saturated rings. The highest BCUT2D eigenvalue weighted by atomic mass is 35.5. The number of nitrogens with two attached hydrogens (primary N) is 1. The summed E-state index contributed by atoms with van der Waals surface area (Å²) < 4.78 is 1.39. The first-order chi connectivity index (χ1) is 13.0. The average molecular weight is 400 g/mol. The van der Waals surface area contributed by atoms with Gasteiger partial charge in [0.1, 0.15) is 0 Å². The van der Waals surface area contributed by atoms with Gasteiger partial charge < -0.3 is 10.7 Å². The normalized spacial score (nSPS) is 15.8. The van der Waals surface area contributed by atoms with Gasteiger partial charge in [-0.1, -0.05) is 53.7 Å². The summed E-state index contributed by atoms with van der Waals surface area (Å²) in [7, 11) is 0. The van der Waals surface area contributed by atoms with E-state index in [1.54, 1.807) is 12.1 Å². The monoisotopic (exact) mass is 399 g/mol. The molecule has 0 bridgehead atoms. The van der Waals surface area contributed by atoms with Crippen LogP contribution in [0.15, 0.2) is 53.7 Å². The van der Waals surface area contributed by atoms with Crippen LogP contribution in [-0.4, -0.2) is 32.6 Å². The lowest BCUT2D eigenvalue weighted by Crippen LogP contribution is -2.37. The van der Waals surface area contributed by atoms with Crippen molar-refractivity contribution in [3.8, 4) is 11.4 Å². The highest BCUT2D eigenvalue weighted by molar-refractivity contribution is 7.99. The van der Waals surface area contributed by atoms with E-state index in [0.717, 1.165) is 17.7 Å². The van der Waals surface area contributed by atoms with Gasteiger partial charge in [0.15, 0.2) is 5.82 Å². The molecule has 1 atom stereocenters. The number of thioether (sulfide) groups is 1. The summed E-state index contributed by atoms with van der Waals surface area (Å²) in [6, 6.07) is 15.4. The van der Waals surface area contributed by atoms with Crippen molar-refractivity contribution in [3.63, 3.8) is 0 Å². The Kier molecular flexibility index (Phi) is 4.80. The van der Waals surface area contributed by atoms with Crippen LogP contribution in [0.3, 0.4) is 0 Å². The molecule has 138 valence electrons. The Morgan fingerprint density at radius 1 is 1.26 bits per heavy atom. The SMILES string of the molecule is C[C@@H]1Cc2ccccc2N1C(=O)CSc1nnc(-c2cccc(Cl)c2)n1N. The molecule has 2 N–H and O–H groups in total. The summed E-state index contributed by atoms with van der Waals surface area (Å²) in [6.45, 7) is 2.06. The summed E-state index contributed by atoms with van der Waals surface area (Å²) in [6.07, 6.45) is 0.874. The molecule has 8 heteroatoms. The molecule has 0 radical (unpaired) electrons. The van der Waals surface area contributed by atoms with Gasteiger partial charge in [-0.2, -0.15) is 0 Å². The van der Waals surface area contributed by atoms with Gasteiger partial charge in [-0.3, -0.25) is 4.79 Å². The zero-order valence-corrected chi connectivity index (χ0v) is 16.2. The van der Waals surface area contributed by atoms with Gasteiger partial charge in [0.25, 0.3) is 0 Å². The Labute approximate surface area is 166 Å². The van der Waals surface area contributed by atoms with E-state index in [2.05, 4.69) is 23.2 Å². The zero-order chi connectivity index (χ0) is 19.0. The minimum absolute atomic E-state index is 0.0322. The summed E-state index contributed by atoms with van der Waals surface area (Å²) in [5, 5.41) is 9.34. The topological polar surface area (TPSA) is 77.0 Å². The summed E-state index contributed by atoms with van der Waals surface area (Å²) in [5.74, 6) is 6.91. The van der Waals surface area contributed by atoms with Crippen LogP contribution < -0.4 is 10.7 Å². The summed E-state index contributed by atoms with van der Waals surface area (Å²) in [5.41, 5.74) is 2.97. The maximum absolute atomic E-state index is 12.8. The molecule has 4 rings (SSSR count). The van der Waals surface area contributed by atoms with Crippen LogP contribution in [0.1, 0.15) is 12.5 Å². The zero-order valence-electron chi connectivity index (χ0n) is 14.7. The van der Waals surface area contributed by atoms with Crippen molar-refractivity contribution in [2.45, 2.75) is 24.5 Å². The number of benzene rings is 2. The quantitative estimate of drug-likeness (QED) is 0.537. The van der Waals surface area contributed by atoms with E-state index < -0.39 is 0 Å². The Morgan fingerprint density at radius 2 is 2.07 bits per heavy atom. The number of para-hydroxylation sites is 1. The molecule has 0 saturated carbocycles. The molecule has 1 amide bonds. The third-order valence-electron chi connectivity index (χ3n) is 4.55. The maximum atomic E-state index is 12.8. The number of hydrogen-bond acceptors (Lipinski definition) is 5. The first-order valence-corrected chi connectivity index (χ1v) is 9.90. The molecule has 0 aliphatic carbocycles. The molecule has 2 aromatic carbocycles. The number of carbonyl (C=O) groups is 1. The van der Waals surface area contributed by atoms with Crippen molar-refractivity contribution >= 4 is 35.0 Å². The third-order valence-corrected chi connectivity index (χ3v) is 5.71. The van der Waals surface area contributed by atoms with Crippen molar-refractivity contribution in [1.82, 2.24) is 14.9 Å². The Morgan fingerprint density at radius 3 is 2.89 bits per heavy atom. The maximum Gasteiger partial charge on any atom is 0.237 e. The Bertz CT molecular complexity index is 1010. The fourth-order valence-corrected chi connectivity index (χ4v) is 4.25. The van der Waals surface area contributed by atoms with E-state index in [9.17, 15) is 4.79 Å². The van der Waals surface area contributed by atoms with Crippen molar-refractivity contribution < 1.29 is 4.79 Å². The van der Waals surface area contributed by atoms with Crippen LogP contribution in [0, 0.1) is 0 Å². The van der Waals surface area contributed by atoms with Gasteiger partial charge in [0.2, 0.25) is 11.1 Å². The molecular weight excluding hydrogens is 382 g/mol. The van der Waals surface area contributed by atoms with E-state index in [0.29, 0.717) is 16.0 Å². The number of carbonyl (C=O) groups excluding carboxylic acids is 1. The largest absolute Gasteiger partial charge is 0.335 e. The van der Waals surface area contributed by atoms with Crippen LogP contribution in [0.2, 0.25) is 5.02 Å². The fraction of sp³-hybridized carbons (Fsp3) is 0.211. The molecule has 1 aliphatic rings. The lowest BCUT2D eigenvalue weighted by atomic mass is 10.1. The Balaban J connectivity index is 1.49. The minimum atomic E-state index is 0.0322. The van der Waals surface area contributed by atoms with Crippen molar-refractivity contribution in [3.05, 3.63) is 59.1 Å². The van der Waals surface area contributed by atoms with Crippen LogP contribution in [0.25, 0.3) is 11.4 Å². The van der Waals surface area contributed by atoms with Gasteiger partial charge in [-0.25, -0.2) is 4.68 Å². The molecule has 0 unspecified atom stereocenters. The van der Waals surface area contributed by atoms with Crippen molar-refractivity contribution in [2.75, 3.05) is 16.5 Å². The van der Waals surface area contributed by atoms with Crippen LogP contribution in [0.5, 0.6) is 0 Å². The highest BCUT2D eigenvalue weighted by Gasteiger charge is 2.30. The van der Waals surface area contributed by atoms with E-state index in [4.69, 9.17) is 17.4 Å². The number of hydrogen-bond donors (Lipinski definition) is 1. The van der Waals surface area contributed by atoms with Gasteiger partial charge >= 0.3 is 0 Å². The fourth-order valence-electron chi connectivity index (χ4n) is 3.34. The minimum Gasteiger partial charge on any atom is -0.335 e. The van der Waals surface area contributed by atoms with E-state index in [1.807, 2.05) is 35.2 Å². The number of fused-ring (bicyclic) bond motifs is 1. The number of halogens is 1. The van der Waals surface area contributed by atoms with E-state index in [1.165, 1.54) is 22.0 Å². The summed E-state index contributed by atoms with van der Waals surface area (Å²) in [4.78, 5) is 14.7. The number of amides is 1. The third kappa shape index (κ3) is 3.40. The number of nitrogens with zero attached hydrogens (tertiary/aromatic N) is 4. The average Bonchev–Trinajstić information content (AvgIpc) is 3.18. The lowest BCUT2D eigenvalue weighted by molar-refractivity contribution is -0.116. The molecule has 0 saturated heterocycles. The van der Waals surface area contributed by atoms with Crippen molar-refractivity contribution in [1.29, 1.82) is 0 Å². The molecule has 2 heterocycles. The molecule has 6 nitrogen and oxygen atoms in total. The second-order valence-corrected chi connectivity index (χ2v) is 7.80.